The summed E-state index contributed by atoms with van der Waals surface area (Å²) >= 11 is 0. The molecule has 0 radical (unpaired) electrons. The van der Waals surface area contributed by atoms with Crippen molar-refractivity contribution < 1.29 is 32.8 Å². The summed E-state index contributed by atoms with van der Waals surface area (Å²) in [4.78, 5) is 5.28. The smallest absolute Gasteiger partial charge is 0.296 e. The molecule has 0 unspecified atom stereocenters. The van der Waals surface area contributed by atoms with E-state index in [0.717, 1.165) is 16.5 Å². The molecule has 0 saturated heterocycles. The first kappa shape index (κ1) is 43.2. The van der Waals surface area contributed by atoms with Crippen LogP contribution in [0.1, 0.15) is 22.3 Å². The number of hydrogen-bond donors (Lipinski definition) is 5. The molecule has 18 heteroatoms. The van der Waals surface area contributed by atoms with E-state index in [1.807, 2.05) is 32.0 Å². The normalized spacial score (nSPS) is 12.0. The van der Waals surface area contributed by atoms with Gasteiger partial charge in [-0.15, -0.1) is 15.3 Å². The molecule has 0 saturated carbocycles. The van der Waals surface area contributed by atoms with E-state index in [1.54, 1.807) is 91.9 Å². The number of methoxy groups -OCH3 is 1. The van der Waals surface area contributed by atoms with Crippen molar-refractivity contribution in [1.82, 2.24) is 0 Å². The molecule has 0 fully saturated rings. The van der Waals surface area contributed by atoms with Crippen molar-refractivity contribution in [2.24, 2.45) is 40.9 Å². The zero-order valence-corrected chi connectivity index (χ0v) is 35.1. The number of phenolic OH excluding ortho intramolecular Hbond substituents is 1. The lowest BCUT2D eigenvalue weighted by Crippen LogP contribution is -2.04. The van der Waals surface area contributed by atoms with Crippen LogP contribution in [0.2, 0.25) is 0 Å². The molecular weight excluding hydrogens is 825 g/mol. The number of aliphatic hydroxyl groups is 1. The summed E-state index contributed by atoms with van der Waals surface area (Å²) in [5.41, 5.74) is 15.7. The van der Waals surface area contributed by atoms with Gasteiger partial charge in [-0.3, -0.25) is 4.55 Å². The summed E-state index contributed by atoms with van der Waals surface area (Å²) in [6, 6.07) is 33.5. The molecule has 0 aliphatic carbocycles. The van der Waals surface area contributed by atoms with Crippen molar-refractivity contribution in [3.8, 4) is 17.2 Å². The molecule has 0 aromatic heterocycles. The van der Waals surface area contributed by atoms with E-state index in [-0.39, 0.29) is 28.6 Å². The topological polar surface area (TPSA) is 250 Å². The highest BCUT2D eigenvalue weighted by Gasteiger charge is 2.16. The van der Waals surface area contributed by atoms with Gasteiger partial charge in [0.25, 0.3) is 10.1 Å². The molecule has 7 aromatic rings. The van der Waals surface area contributed by atoms with Gasteiger partial charge in [0.15, 0.2) is 11.5 Å². The number of anilines is 2. The van der Waals surface area contributed by atoms with Crippen molar-refractivity contribution in [3.63, 3.8) is 0 Å². The number of nitrogens with zero attached hydrogens (tertiary/aromatic N) is 8. The second-order valence-corrected chi connectivity index (χ2v) is 15.5. The Balaban J connectivity index is 1.04. The lowest BCUT2D eigenvalue weighted by Gasteiger charge is -2.11. The summed E-state index contributed by atoms with van der Waals surface area (Å²) in [7, 11) is -2.99. The molecule has 0 bridgehead atoms. The molecule has 0 spiro atoms. The molecule has 318 valence electrons. The summed E-state index contributed by atoms with van der Waals surface area (Å²) in [5.74, 6) is 0.838. The number of aryl methyl sites for hydroxylation is 3. The Morgan fingerprint density at radius 3 is 1.94 bits per heavy atom. The third kappa shape index (κ3) is 10.3. The maximum Gasteiger partial charge on any atom is 0.296 e. The SMILES string of the molecule is COc1cc(N=Nc2cc(C)c(N=Nc3ccc(N=Nc4ccccc4S(=O)(=O)O)c(C)c3)cc2C)c(CO)cc1N=Nc1ccc2cc(NOc3ccc(N)cc3)ccc2c1O. The van der Waals surface area contributed by atoms with Crippen LogP contribution < -0.4 is 20.8 Å². The Labute approximate surface area is 361 Å². The molecule has 0 heterocycles. The van der Waals surface area contributed by atoms with Gasteiger partial charge >= 0.3 is 0 Å². The number of rotatable bonds is 14. The number of aliphatic hydroxyl groups excluding tert-OH is 1. The van der Waals surface area contributed by atoms with Crippen LogP contribution in [-0.4, -0.2) is 30.3 Å². The number of azo groups is 4. The van der Waals surface area contributed by atoms with Crippen LogP contribution in [0.4, 0.5) is 56.9 Å². The van der Waals surface area contributed by atoms with Crippen LogP contribution in [0, 0.1) is 20.8 Å². The quantitative estimate of drug-likeness (QED) is 0.0301. The van der Waals surface area contributed by atoms with Crippen LogP contribution in [-0.2, 0) is 16.7 Å². The predicted octanol–water partition coefficient (Wildman–Crippen LogP) is 12.9. The van der Waals surface area contributed by atoms with Crippen LogP contribution >= 0.6 is 0 Å². The minimum Gasteiger partial charge on any atom is -0.505 e. The molecule has 7 rings (SSSR count). The zero-order chi connectivity index (χ0) is 44.7. The first-order chi connectivity index (χ1) is 30.3. The maximum atomic E-state index is 11.7. The Kier molecular flexibility index (Phi) is 12.9. The third-order valence-corrected chi connectivity index (χ3v) is 10.5. The summed E-state index contributed by atoms with van der Waals surface area (Å²) in [5, 5.41) is 57.3. The van der Waals surface area contributed by atoms with Crippen molar-refractivity contribution >= 4 is 77.8 Å². The molecule has 0 atom stereocenters. The highest BCUT2D eigenvalue weighted by molar-refractivity contribution is 7.86. The number of nitrogens with one attached hydrogen (secondary N) is 1. The number of nitrogen functional groups attached to an aromatic ring is 1. The van der Waals surface area contributed by atoms with E-state index in [1.165, 1.54) is 25.3 Å². The fourth-order valence-electron chi connectivity index (χ4n) is 6.17. The molecule has 63 heavy (non-hydrogen) atoms. The highest BCUT2D eigenvalue weighted by Crippen LogP contribution is 2.41. The predicted molar refractivity (Wildman–Crippen MR) is 240 cm³/mol. The van der Waals surface area contributed by atoms with Gasteiger partial charge in [0.05, 0.1) is 47.8 Å². The van der Waals surface area contributed by atoms with Crippen LogP contribution in [0.15, 0.2) is 167 Å². The standard InChI is InChI=1S/C45H40N10O7S/c1-26-19-32(13-18-36(26)48-49-37-7-5-6-8-44(37)63(58,59)60)47-51-39-20-28(3)40(21-27(39)2)52-53-41-24-43(61-4)42(23-30(41)25-56)54-50-38-17-9-29-22-33(12-16-35(29)45(38)57)55-62-34-14-10-31(46)11-15-34/h5-24,55-57H,25,46H2,1-4H3,(H,58,59,60). The molecule has 0 aliphatic rings. The number of benzene rings is 7. The van der Waals surface area contributed by atoms with Crippen molar-refractivity contribution in [3.05, 3.63) is 144 Å². The Bertz CT molecular complexity index is 3080. The van der Waals surface area contributed by atoms with Gasteiger partial charge in [-0.25, -0.2) is 5.48 Å². The minimum absolute atomic E-state index is 0.00949. The van der Waals surface area contributed by atoms with Gasteiger partial charge in [-0.1, -0.05) is 18.2 Å². The van der Waals surface area contributed by atoms with E-state index in [0.29, 0.717) is 73.5 Å². The average molecular weight is 865 g/mol. The Morgan fingerprint density at radius 1 is 0.619 bits per heavy atom. The van der Waals surface area contributed by atoms with Gasteiger partial charge in [-0.2, -0.15) is 34.0 Å². The molecular formula is C45H40N10O7S. The van der Waals surface area contributed by atoms with E-state index in [2.05, 4.69) is 46.4 Å². The number of fused-ring (bicyclic) bond motifs is 1. The average Bonchev–Trinajstić information content (AvgIpc) is 3.27. The third-order valence-electron chi connectivity index (χ3n) is 9.60. The number of ether oxygens (including phenoxy) is 1. The molecule has 6 N–H and O–H groups in total. The van der Waals surface area contributed by atoms with Gasteiger partial charge < -0.3 is 25.5 Å². The lowest BCUT2D eigenvalue weighted by molar-refractivity contribution is 0.282. The lowest BCUT2D eigenvalue weighted by atomic mass is 10.1. The van der Waals surface area contributed by atoms with Crippen molar-refractivity contribution in [2.75, 3.05) is 18.3 Å². The second-order valence-electron chi connectivity index (χ2n) is 14.1. The van der Waals surface area contributed by atoms with Gasteiger partial charge in [0, 0.05) is 22.7 Å². The number of hydrogen-bond acceptors (Lipinski definition) is 16. The number of aromatic hydroxyl groups is 1. The molecule has 7 aromatic carbocycles. The van der Waals surface area contributed by atoms with E-state index in [4.69, 9.17) is 15.3 Å². The molecule has 17 nitrogen and oxygen atoms in total. The monoisotopic (exact) mass is 864 g/mol. The minimum atomic E-state index is -4.47. The maximum absolute atomic E-state index is 11.7. The van der Waals surface area contributed by atoms with Gasteiger partial charge in [0.1, 0.15) is 27.7 Å². The highest BCUT2D eigenvalue weighted by atomic mass is 32.2. The van der Waals surface area contributed by atoms with E-state index in [9.17, 15) is 23.2 Å². The fraction of sp³-hybridized carbons (Fsp3) is 0.111. The Morgan fingerprint density at radius 2 is 1.24 bits per heavy atom. The van der Waals surface area contributed by atoms with Crippen LogP contribution in [0.5, 0.6) is 17.2 Å². The fourth-order valence-corrected chi connectivity index (χ4v) is 6.79. The second kappa shape index (κ2) is 18.8. The zero-order valence-electron chi connectivity index (χ0n) is 34.3. The van der Waals surface area contributed by atoms with Gasteiger partial charge in [-0.05, 0) is 140 Å². The molecule has 0 aliphatic heterocycles. The van der Waals surface area contributed by atoms with Crippen LogP contribution in [0.3, 0.4) is 0 Å². The largest absolute Gasteiger partial charge is 0.505 e. The Hall–Kier alpha value is -7.93. The summed E-state index contributed by atoms with van der Waals surface area (Å²) in [6.07, 6.45) is 0. The first-order valence-corrected chi connectivity index (χ1v) is 20.5. The van der Waals surface area contributed by atoms with E-state index >= 15 is 0 Å². The summed E-state index contributed by atoms with van der Waals surface area (Å²) in [6.45, 7) is 5.17. The number of phenols is 1. The van der Waals surface area contributed by atoms with Crippen molar-refractivity contribution in [1.29, 1.82) is 0 Å². The summed E-state index contributed by atoms with van der Waals surface area (Å²) < 4.78 is 38.5. The van der Waals surface area contributed by atoms with Crippen molar-refractivity contribution in [2.45, 2.75) is 32.3 Å². The van der Waals surface area contributed by atoms with Crippen LogP contribution in [0.25, 0.3) is 10.8 Å². The van der Waals surface area contributed by atoms with Gasteiger partial charge in [0.2, 0.25) is 0 Å². The van der Waals surface area contributed by atoms with E-state index < -0.39 is 10.1 Å². The number of nitrogens with two attached hydrogens (primary N) is 1. The molecule has 0 amide bonds. The first-order valence-electron chi connectivity index (χ1n) is 19.1.